The summed E-state index contributed by atoms with van der Waals surface area (Å²) in [6.45, 7) is 6.55. The summed E-state index contributed by atoms with van der Waals surface area (Å²) < 4.78 is 22.9. The van der Waals surface area contributed by atoms with E-state index in [4.69, 9.17) is 4.74 Å². The fourth-order valence-corrected chi connectivity index (χ4v) is 7.69. The van der Waals surface area contributed by atoms with Gasteiger partial charge in [-0.15, -0.1) is 0 Å². The molecule has 2 unspecified atom stereocenters. The number of carboxylic acid groups (broad SMARTS) is 1. The van der Waals surface area contributed by atoms with Crippen LogP contribution in [0.25, 0.3) is 0 Å². The van der Waals surface area contributed by atoms with Crippen molar-refractivity contribution in [2.75, 3.05) is 0 Å². The Labute approximate surface area is 192 Å². The Morgan fingerprint density at radius 3 is 2.52 bits per heavy atom. The molecule has 0 aromatic carbocycles. The second-order valence-electron chi connectivity index (χ2n) is 10.6. The lowest BCUT2D eigenvalue weighted by Crippen LogP contribution is -2.70. The van der Waals surface area contributed by atoms with Crippen LogP contribution in [-0.2, 0) is 23.9 Å². The Balaban J connectivity index is 1.87. The fourth-order valence-electron chi connectivity index (χ4n) is 7.69. The first-order valence-electron chi connectivity index (χ1n) is 11.6. The number of ether oxygens (including phenoxy) is 1. The lowest BCUT2D eigenvalue weighted by Gasteiger charge is -2.62. The van der Waals surface area contributed by atoms with Gasteiger partial charge in [0, 0.05) is 29.1 Å². The maximum Gasteiger partial charge on any atom is 0.376 e. The third-order valence-corrected chi connectivity index (χ3v) is 9.28. The van der Waals surface area contributed by atoms with Gasteiger partial charge in [-0.05, 0) is 50.7 Å². The van der Waals surface area contributed by atoms with Gasteiger partial charge in [0.1, 0.15) is 0 Å². The summed E-state index contributed by atoms with van der Waals surface area (Å²) in [6, 6.07) is 0. The number of carboxylic acids is 1. The number of hydrogen-bond donors (Lipinski definition) is 2. The topological polar surface area (TPSA) is 118 Å². The van der Waals surface area contributed by atoms with Gasteiger partial charge in [0.2, 0.25) is 0 Å². The maximum absolute atomic E-state index is 17.2. The van der Waals surface area contributed by atoms with Gasteiger partial charge in [-0.25, -0.2) is 9.18 Å². The molecule has 0 saturated heterocycles. The highest BCUT2D eigenvalue weighted by Crippen LogP contribution is 2.71. The van der Waals surface area contributed by atoms with Gasteiger partial charge in [-0.2, -0.15) is 0 Å². The molecule has 4 aliphatic carbocycles. The van der Waals surface area contributed by atoms with Gasteiger partial charge in [-0.3, -0.25) is 14.4 Å². The molecule has 0 aromatic heterocycles. The van der Waals surface area contributed by atoms with Crippen LogP contribution in [0.5, 0.6) is 0 Å². The molecule has 8 atom stereocenters. The number of ketones is 2. The van der Waals surface area contributed by atoms with Crippen LogP contribution in [0, 0.1) is 28.6 Å². The van der Waals surface area contributed by atoms with Crippen molar-refractivity contribution < 1.29 is 38.5 Å². The molecule has 8 heteroatoms. The molecular weight excluding hydrogens is 431 g/mol. The summed E-state index contributed by atoms with van der Waals surface area (Å²) in [7, 11) is 0. The average Bonchev–Trinajstić information content (AvgIpc) is 2.96. The Morgan fingerprint density at radius 2 is 1.91 bits per heavy atom. The number of halogens is 1. The minimum absolute atomic E-state index is 0.0494. The molecule has 7 nitrogen and oxygen atoms in total. The van der Waals surface area contributed by atoms with Gasteiger partial charge in [0.25, 0.3) is 5.78 Å². The number of alkyl halides is 1. The van der Waals surface area contributed by atoms with E-state index >= 15 is 4.39 Å². The average molecular weight is 463 g/mol. The number of hydrogen-bond acceptors (Lipinski definition) is 6. The number of aliphatic hydroxyl groups is 1. The number of rotatable bonds is 4. The first kappa shape index (κ1) is 23.8. The Hall–Kier alpha value is -2.35. The van der Waals surface area contributed by atoms with Crippen molar-refractivity contribution in [3.05, 3.63) is 23.8 Å². The molecule has 0 amide bonds. The number of fused-ring (bicyclic) bond motifs is 5. The second-order valence-corrected chi connectivity index (χ2v) is 10.6. The maximum atomic E-state index is 17.2. The second kappa shape index (κ2) is 7.32. The van der Waals surface area contributed by atoms with Crippen LogP contribution in [0.15, 0.2) is 23.8 Å². The number of carbonyl (C=O) groups excluding carboxylic acids is 3. The number of Topliss-reactive ketones (excluding diaryl/α,β-unsaturated/α-hetero) is 1. The molecule has 4 aliphatic rings. The summed E-state index contributed by atoms with van der Waals surface area (Å²) in [5.41, 5.74) is -5.94. The van der Waals surface area contributed by atoms with E-state index in [1.807, 2.05) is 0 Å². The number of allylic oxidation sites excluding steroid dienone is 4. The predicted octanol–water partition coefficient (Wildman–Crippen LogP) is 2.95. The highest BCUT2D eigenvalue weighted by atomic mass is 19.1. The Morgan fingerprint density at radius 1 is 1.24 bits per heavy atom. The lowest BCUT2D eigenvalue weighted by atomic mass is 9.44. The van der Waals surface area contributed by atoms with E-state index in [0.29, 0.717) is 18.4 Å². The lowest BCUT2D eigenvalue weighted by molar-refractivity contribution is -0.228. The molecule has 2 N–H and O–H groups in total. The van der Waals surface area contributed by atoms with Crippen molar-refractivity contribution in [2.24, 2.45) is 28.6 Å². The molecule has 0 heterocycles. The first-order chi connectivity index (χ1) is 15.3. The smallest absolute Gasteiger partial charge is 0.376 e. The largest absolute Gasteiger partial charge is 0.475 e. The SMILES string of the molecule is CCC(=O)O[C@]1(C(=O)C(=O)O)C(C)C[C@H]2[C@@H]3CCC4=CC(=O)C=C[C@]4(C)[C@@]3(F)C(O)C[C@@]21C. The minimum atomic E-state index is -2.12. The highest BCUT2D eigenvalue weighted by Gasteiger charge is 2.77. The van der Waals surface area contributed by atoms with Crippen molar-refractivity contribution in [1.29, 1.82) is 0 Å². The summed E-state index contributed by atoms with van der Waals surface area (Å²) in [5, 5.41) is 21.0. The van der Waals surface area contributed by atoms with Crippen LogP contribution in [0.2, 0.25) is 0 Å². The van der Waals surface area contributed by atoms with E-state index in [1.165, 1.54) is 18.2 Å². The summed E-state index contributed by atoms with van der Waals surface area (Å²) in [6.07, 6.45) is 3.53. The molecule has 0 aliphatic heterocycles. The van der Waals surface area contributed by atoms with Crippen molar-refractivity contribution in [3.63, 3.8) is 0 Å². The standard InChI is InChI=1S/C25H31FO7/c1-5-19(29)33-25(20(30)21(31)32)13(2)10-17-16-7-6-14-11-15(27)8-9-22(14,3)24(16,26)18(28)12-23(17,25)4/h8-9,11,13,16-18,28H,5-7,10,12H2,1-4H3,(H,31,32)/t13?,16-,17-,18?,22-,23-,24-,25-/m0/s1. The van der Waals surface area contributed by atoms with Crippen LogP contribution in [0.4, 0.5) is 4.39 Å². The summed E-state index contributed by atoms with van der Waals surface area (Å²) >= 11 is 0. The van der Waals surface area contributed by atoms with E-state index in [0.717, 1.165) is 0 Å². The molecule has 33 heavy (non-hydrogen) atoms. The summed E-state index contributed by atoms with van der Waals surface area (Å²) in [5.74, 6) is -5.75. The third kappa shape index (κ3) is 2.76. The quantitative estimate of drug-likeness (QED) is 0.487. The van der Waals surface area contributed by atoms with Crippen LogP contribution in [0.3, 0.4) is 0 Å². The van der Waals surface area contributed by atoms with Gasteiger partial charge in [0.15, 0.2) is 17.1 Å². The van der Waals surface area contributed by atoms with Crippen molar-refractivity contribution in [1.82, 2.24) is 0 Å². The molecule has 4 rings (SSSR count). The molecule has 0 bridgehead atoms. The number of carbonyl (C=O) groups is 4. The molecule has 0 radical (unpaired) electrons. The Kier molecular flexibility index (Phi) is 5.28. The fraction of sp³-hybridized carbons (Fsp3) is 0.680. The van der Waals surface area contributed by atoms with Crippen LogP contribution in [-0.4, -0.2) is 51.1 Å². The monoisotopic (exact) mass is 462 g/mol. The molecular formula is C25H31FO7. The zero-order chi connectivity index (χ0) is 24.6. The van der Waals surface area contributed by atoms with Crippen molar-refractivity contribution in [2.45, 2.75) is 77.2 Å². The van der Waals surface area contributed by atoms with E-state index < -0.39 is 63.7 Å². The zero-order valence-corrected chi connectivity index (χ0v) is 19.4. The van der Waals surface area contributed by atoms with E-state index in [9.17, 15) is 29.4 Å². The minimum Gasteiger partial charge on any atom is -0.475 e. The van der Waals surface area contributed by atoms with Crippen molar-refractivity contribution in [3.8, 4) is 0 Å². The summed E-state index contributed by atoms with van der Waals surface area (Å²) in [4.78, 5) is 49.4. The predicted molar refractivity (Wildman–Crippen MR) is 115 cm³/mol. The molecule has 180 valence electrons. The molecule has 3 fully saturated rings. The number of aliphatic carboxylic acids is 1. The van der Waals surface area contributed by atoms with E-state index in [1.54, 1.807) is 27.7 Å². The zero-order valence-electron chi connectivity index (χ0n) is 19.4. The van der Waals surface area contributed by atoms with Gasteiger partial charge >= 0.3 is 11.9 Å². The molecule has 0 aromatic rings. The number of esters is 1. The normalized spacial score (nSPS) is 46.0. The van der Waals surface area contributed by atoms with Crippen LogP contribution < -0.4 is 0 Å². The van der Waals surface area contributed by atoms with Gasteiger partial charge < -0.3 is 14.9 Å². The highest BCUT2D eigenvalue weighted by molar-refractivity contribution is 6.36. The van der Waals surface area contributed by atoms with Crippen molar-refractivity contribution >= 4 is 23.5 Å². The molecule has 3 saturated carbocycles. The van der Waals surface area contributed by atoms with Gasteiger partial charge in [0.05, 0.1) is 6.10 Å². The molecule has 0 spiro atoms. The van der Waals surface area contributed by atoms with Crippen LogP contribution >= 0.6 is 0 Å². The van der Waals surface area contributed by atoms with Gasteiger partial charge in [-0.1, -0.05) is 32.4 Å². The van der Waals surface area contributed by atoms with E-state index in [2.05, 4.69) is 0 Å². The third-order valence-electron chi connectivity index (χ3n) is 9.28. The first-order valence-corrected chi connectivity index (χ1v) is 11.6. The number of aliphatic hydroxyl groups excluding tert-OH is 1. The van der Waals surface area contributed by atoms with E-state index in [-0.39, 0.29) is 25.0 Å². The Bertz CT molecular complexity index is 1000. The van der Waals surface area contributed by atoms with Crippen LogP contribution in [0.1, 0.15) is 59.8 Å².